The van der Waals surface area contributed by atoms with Gasteiger partial charge in [-0.3, -0.25) is 0 Å². The Hall–Kier alpha value is -1.06. The van der Waals surface area contributed by atoms with Gasteiger partial charge in [0.25, 0.3) is 0 Å². The van der Waals surface area contributed by atoms with Crippen LogP contribution < -0.4 is 10.5 Å². The Bertz CT molecular complexity index is 299. The molecule has 0 aliphatic carbocycles. The Balaban J connectivity index is 2.90. The Morgan fingerprint density at radius 3 is 2.47 bits per heavy atom. The predicted octanol–water partition coefficient (Wildman–Crippen LogP) is 2.12. The molecule has 0 unspecified atom stereocenters. The first-order chi connectivity index (χ1) is 7.19. The minimum Gasteiger partial charge on any atom is -0.496 e. The zero-order valence-electron chi connectivity index (χ0n) is 9.57. The van der Waals surface area contributed by atoms with Crippen molar-refractivity contribution in [3.05, 3.63) is 29.8 Å². The molecule has 3 nitrogen and oxygen atoms in total. The minimum atomic E-state index is -0.0962. The third-order valence-electron chi connectivity index (χ3n) is 2.14. The Morgan fingerprint density at radius 2 is 1.93 bits per heavy atom. The number of para-hydroxylation sites is 1. The van der Waals surface area contributed by atoms with Crippen LogP contribution in [0.15, 0.2) is 24.3 Å². The number of benzene rings is 1. The Labute approximate surface area is 91.2 Å². The summed E-state index contributed by atoms with van der Waals surface area (Å²) in [5.41, 5.74) is 6.71. The monoisotopic (exact) mass is 209 g/mol. The van der Waals surface area contributed by atoms with E-state index in [1.165, 1.54) is 0 Å². The van der Waals surface area contributed by atoms with E-state index in [0.29, 0.717) is 6.54 Å². The van der Waals surface area contributed by atoms with Crippen LogP contribution in [0.2, 0.25) is 0 Å². The van der Waals surface area contributed by atoms with Crippen molar-refractivity contribution in [2.45, 2.75) is 26.1 Å². The number of nitrogens with two attached hydrogens (primary N) is 1. The van der Waals surface area contributed by atoms with Crippen molar-refractivity contribution in [2.24, 2.45) is 5.73 Å². The number of hydrogen-bond acceptors (Lipinski definition) is 3. The summed E-state index contributed by atoms with van der Waals surface area (Å²) in [5, 5.41) is 0. The van der Waals surface area contributed by atoms with E-state index < -0.39 is 0 Å². The van der Waals surface area contributed by atoms with Crippen LogP contribution in [-0.2, 0) is 4.74 Å². The van der Waals surface area contributed by atoms with Crippen molar-refractivity contribution in [2.75, 3.05) is 13.7 Å². The van der Waals surface area contributed by atoms with E-state index >= 15 is 0 Å². The van der Waals surface area contributed by atoms with Crippen LogP contribution in [-0.4, -0.2) is 19.8 Å². The van der Waals surface area contributed by atoms with Crippen LogP contribution in [0.1, 0.15) is 25.5 Å². The SMILES string of the molecule is COc1ccccc1[C@H](CN)OC(C)C. The van der Waals surface area contributed by atoms with Gasteiger partial charge in [-0.05, 0) is 19.9 Å². The Morgan fingerprint density at radius 1 is 1.27 bits per heavy atom. The van der Waals surface area contributed by atoms with Gasteiger partial charge in [0.15, 0.2) is 0 Å². The number of ether oxygens (including phenoxy) is 2. The smallest absolute Gasteiger partial charge is 0.124 e. The molecule has 1 aromatic carbocycles. The zero-order valence-corrected chi connectivity index (χ0v) is 9.57. The van der Waals surface area contributed by atoms with Crippen molar-refractivity contribution in [3.63, 3.8) is 0 Å². The van der Waals surface area contributed by atoms with Crippen molar-refractivity contribution in [3.8, 4) is 5.75 Å². The molecule has 0 fully saturated rings. The number of methoxy groups -OCH3 is 1. The lowest BCUT2D eigenvalue weighted by Crippen LogP contribution is -2.19. The van der Waals surface area contributed by atoms with Gasteiger partial charge in [-0.25, -0.2) is 0 Å². The maximum Gasteiger partial charge on any atom is 0.124 e. The molecule has 0 bridgehead atoms. The maximum absolute atomic E-state index is 5.72. The fourth-order valence-corrected chi connectivity index (χ4v) is 1.52. The molecule has 0 aromatic heterocycles. The number of rotatable bonds is 5. The summed E-state index contributed by atoms with van der Waals surface area (Å²) >= 11 is 0. The number of hydrogen-bond donors (Lipinski definition) is 1. The van der Waals surface area contributed by atoms with E-state index in [-0.39, 0.29) is 12.2 Å². The summed E-state index contributed by atoms with van der Waals surface area (Å²) in [5.74, 6) is 0.827. The molecule has 0 radical (unpaired) electrons. The fourth-order valence-electron chi connectivity index (χ4n) is 1.52. The van der Waals surface area contributed by atoms with E-state index in [2.05, 4.69) is 0 Å². The van der Waals surface area contributed by atoms with Gasteiger partial charge >= 0.3 is 0 Å². The van der Waals surface area contributed by atoms with Crippen LogP contribution in [0, 0.1) is 0 Å². The van der Waals surface area contributed by atoms with Gasteiger partial charge in [-0.15, -0.1) is 0 Å². The summed E-state index contributed by atoms with van der Waals surface area (Å²) in [7, 11) is 1.65. The molecule has 84 valence electrons. The second kappa shape index (κ2) is 5.73. The van der Waals surface area contributed by atoms with E-state index in [4.69, 9.17) is 15.2 Å². The molecule has 0 saturated heterocycles. The first-order valence-electron chi connectivity index (χ1n) is 5.17. The van der Waals surface area contributed by atoms with Gasteiger partial charge in [-0.1, -0.05) is 18.2 Å². The molecule has 0 aliphatic rings. The van der Waals surface area contributed by atoms with Gasteiger partial charge in [0, 0.05) is 12.1 Å². The third kappa shape index (κ3) is 3.22. The molecule has 0 saturated carbocycles. The van der Waals surface area contributed by atoms with E-state index in [1.807, 2.05) is 38.1 Å². The summed E-state index contributed by atoms with van der Waals surface area (Å²) in [6.45, 7) is 4.45. The van der Waals surface area contributed by atoms with Gasteiger partial charge in [0.05, 0.1) is 19.3 Å². The van der Waals surface area contributed by atoms with Crippen LogP contribution >= 0.6 is 0 Å². The topological polar surface area (TPSA) is 44.5 Å². The van der Waals surface area contributed by atoms with Crippen molar-refractivity contribution in [1.82, 2.24) is 0 Å². The summed E-state index contributed by atoms with van der Waals surface area (Å²) in [6.07, 6.45) is 0.0598. The lowest BCUT2D eigenvalue weighted by atomic mass is 10.1. The average Bonchev–Trinajstić information content (AvgIpc) is 2.25. The standard InChI is InChI=1S/C12H19NO2/c1-9(2)15-12(8-13)10-6-4-5-7-11(10)14-3/h4-7,9,12H,8,13H2,1-3H3/t12-/m0/s1. The van der Waals surface area contributed by atoms with Gasteiger partial charge < -0.3 is 15.2 Å². The molecule has 0 amide bonds. The normalized spacial score (nSPS) is 12.9. The van der Waals surface area contributed by atoms with Crippen LogP contribution in [0.3, 0.4) is 0 Å². The predicted molar refractivity (Wildman–Crippen MR) is 61.0 cm³/mol. The Kier molecular flexibility index (Phi) is 4.59. The second-order valence-electron chi connectivity index (χ2n) is 3.65. The molecule has 1 atom stereocenters. The summed E-state index contributed by atoms with van der Waals surface area (Å²) in [4.78, 5) is 0. The largest absolute Gasteiger partial charge is 0.496 e. The fraction of sp³-hybridized carbons (Fsp3) is 0.500. The van der Waals surface area contributed by atoms with E-state index in [0.717, 1.165) is 11.3 Å². The first-order valence-corrected chi connectivity index (χ1v) is 5.17. The first kappa shape index (κ1) is 12.0. The van der Waals surface area contributed by atoms with Crippen LogP contribution in [0.4, 0.5) is 0 Å². The lowest BCUT2D eigenvalue weighted by molar-refractivity contribution is 0.0107. The third-order valence-corrected chi connectivity index (χ3v) is 2.14. The molecular weight excluding hydrogens is 190 g/mol. The van der Waals surface area contributed by atoms with E-state index in [1.54, 1.807) is 7.11 Å². The van der Waals surface area contributed by atoms with Crippen LogP contribution in [0.25, 0.3) is 0 Å². The molecule has 2 N–H and O–H groups in total. The summed E-state index contributed by atoms with van der Waals surface area (Å²) in [6, 6.07) is 7.80. The van der Waals surface area contributed by atoms with E-state index in [9.17, 15) is 0 Å². The molecule has 0 heterocycles. The van der Waals surface area contributed by atoms with Gasteiger partial charge in [0.1, 0.15) is 5.75 Å². The second-order valence-corrected chi connectivity index (χ2v) is 3.65. The van der Waals surface area contributed by atoms with Crippen molar-refractivity contribution in [1.29, 1.82) is 0 Å². The average molecular weight is 209 g/mol. The van der Waals surface area contributed by atoms with Crippen LogP contribution in [0.5, 0.6) is 5.75 Å². The zero-order chi connectivity index (χ0) is 11.3. The highest BCUT2D eigenvalue weighted by molar-refractivity contribution is 5.35. The maximum atomic E-state index is 5.72. The lowest BCUT2D eigenvalue weighted by Gasteiger charge is -2.21. The van der Waals surface area contributed by atoms with Crippen molar-refractivity contribution >= 4 is 0 Å². The highest BCUT2D eigenvalue weighted by atomic mass is 16.5. The highest BCUT2D eigenvalue weighted by Crippen LogP contribution is 2.27. The molecular formula is C12H19NO2. The molecule has 0 spiro atoms. The van der Waals surface area contributed by atoms with Gasteiger partial charge in [0.2, 0.25) is 0 Å². The molecule has 1 rings (SSSR count). The summed E-state index contributed by atoms with van der Waals surface area (Å²) < 4.78 is 11.0. The quantitative estimate of drug-likeness (QED) is 0.807. The molecule has 1 aromatic rings. The van der Waals surface area contributed by atoms with Gasteiger partial charge in [-0.2, -0.15) is 0 Å². The molecule has 0 aliphatic heterocycles. The molecule has 15 heavy (non-hydrogen) atoms. The highest BCUT2D eigenvalue weighted by Gasteiger charge is 2.15. The molecule has 3 heteroatoms. The van der Waals surface area contributed by atoms with Crippen molar-refractivity contribution < 1.29 is 9.47 Å². The minimum absolute atomic E-state index is 0.0962.